The van der Waals surface area contributed by atoms with Gasteiger partial charge in [0, 0.05) is 23.7 Å². The van der Waals surface area contributed by atoms with Crippen molar-refractivity contribution in [1.82, 2.24) is 4.90 Å². The van der Waals surface area contributed by atoms with E-state index >= 15 is 0 Å². The molecule has 26 heavy (non-hydrogen) atoms. The zero-order valence-corrected chi connectivity index (χ0v) is 15.8. The first-order valence-electron chi connectivity index (χ1n) is 8.94. The van der Waals surface area contributed by atoms with Gasteiger partial charge in [0.05, 0.1) is 0 Å². The summed E-state index contributed by atoms with van der Waals surface area (Å²) in [5, 5.41) is 2.72. The van der Waals surface area contributed by atoms with Crippen LogP contribution in [0, 0.1) is 5.92 Å². The number of hydrogen-bond acceptors (Lipinski definition) is 3. The van der Waals surface area contributed by atoms with E-state index in [2.05, 4.69) is 29.6 Å². The van der Waals surface area contributed by atoms with Gasteiger partial charge in [0.15, 0.2) is 0 Å². The minimum absolute atomic E-state index is 0.433. The molecule has 136 valence electrons. The van der Waals surface area contributed by atoms with Crippen LogP contribution in [0.2, 0.25) is 0 Å². The molecule has 1 saturated heterocycles. The van der Waals surface area contributed by atoms with Gasteiger partial charge in [-0.15, -0.1) is 11.8 Å². The second kappa shape index (κ2) is 8.90. The third kappa shape index (κ3) is 4.88. The van der Waals surface area contributed by atoms with Crippen LogP contribution in [-0.2, 0) is 16.0 Å². The minimum Gasteiger partial charge on any atom is -0.334 e. The molecule has 0 bridgehead atoms. The molecular formula is C21H24N2O2S. The highest BCUT2D eigenvalue weighted by molar-refractivity contribution is 7.98. The average Bonchev–Trinajstić information content (AvgIpc) is 2.69. The molecule has 3 rings (SSSR count). The van der Waals surface area contributed by atoms with Crippen LogP contribution in [0.15, 0.2) is 59.5 Å². The van der Waals surface area contributed by atoms with Crippen molar-refractivity contribution in [2.75, 3.05) is 24.7 Å². The van der Waals surface area contributed by atoms with E-state index in [1.54, 1.807) is 22.7 Å². The number of carbonyl (C=O) groups is 2. The van der Waals surface area contributed by atoms with E-state index in [-0.39, 0.29) is 0 Å². The lowest BCUT2D eigenvalue weighted by atomic mass is 9.90. The van der Waals surface area contributed by atoms with Crippen molar-refractivity contribution in [3.05, 3.63) is 60.2 Å². The first-order valence-corrected chi connectivity index (χ1v) is 10.2. The number of carbonyl (C=O) groups excluding carboxylic acids is 2. The van der Waals surface area contributed by atoms with Crippen LogP contribution in [0.1, 0.15) is 18.4 Å². The summed E-state index contributed by atoms with van der Waals surface area (Å²) in [5.41, 5.74) is 2.00. The molecule has 0 spiro atoms. The number of anilines is 1. The van der Waals surface area contributed by atoms with Gasteiger partial charge in [-0.05, 0) is 55.2 Å². The molecule has 1 heterocycles. The van der Waals surface area contributed by atoms with E-state index in [1.807, 2.05) is 30.5 Å². The van der Waals surface area contributed by atoms with E-state index in [0.717, 1.165) is 24.2 Å². The molecule has 0 unspecified atom stereocenters. The van der Waals surface area contributed by atoms with Gasteiger partial charge in [-0.2, -0.15) is 0 Å². The van der Waals surface area contributed by atoms with E-state index in [0.29, 0.717) is 24.7 Å². The van der Waals surface area contributed by atoms with E-state index in [1.165, 1.54) is 5.56 Å². The summed E-state index contributed by atoms with van der Waals surface area (Å²) in [4.78, 5) is 27.4. The number of rotatable bonds is 4. The zero-order chi connectivity index (χ0) is 18.4. The Morgan fingerprint density at radius 1 is 1.08 bits per heavy atom. The molecule has 1 aliphatic heterocycles. The fourth-order valence-corrected chi connectivity index (χ4v) is 3.78. The summed E-state index contributed by atoms with van der Waals surface area (Å²) in [6, 6.07) is 18.0. The number of benzene rings is 2. The highest BCUT2D eigenvalue weighted by atomic mass is 32.2. The maximum atomic E-state index is 12.4. The molecule has 1 N–H and O–H groups in total. The number of nitrogens with one attached hydrogen (secondary N) is 1. The molecule has 0 aromatic heterocycles. The monoisotopic (exact) mass is 368 g/mol. The zero-order valence-electron chi connectivity index (χ0n) is 15.0. The third-order valence-electron chi connectivity index (χ3n) is 4.79. The fourth-order valence-electron chi connectivity index (χ4n) is 3.32. The summed E-state index contributed by atoms with van der Waals surface area (Å²) in [5.74, 6) is -0.412. The number of piperidine rings is 1. The van der Waals surface area contributed by atoms with Gasteiger partial charge in [-0.25, -0.2) is 0 Å². The number of nitrogens with zero attached hydrogens (tertiary/aromatic N) is 1. The van der Waals surface area contributed by atoms with Crippen LogP contribution in [0.4, 0.5) is 5.69 Å². The minimum atomic E-state index is -0.551. The number of thioether (sulfide) groups is 1. The van der Waals surface area contributed by atoms with E-state index in [9.17, 15) is 9.59 Å². The van der Waals surface area contributed by atoms with Crippen LogP contribution in [-0.4, -0.2) is 36.1 Å². The lowest BCUT2D eigenvalue weighted by Gasteiger charge is -2.31. The van der Waals surface area contributed by atoms with E-state index in [4.69, 9.17) is 0 Å². The van der Waals surface area contributed by atoms with Crippen LogP contribution in [0.5, 0.6) is 0 Å². The van der Waals surface area contributed by atoms with Crippen LogP contribution in [0.25, 0.3) is 0 Å². The van der Waals surface area contributed by atoms with Crippen LogP contribution < -0.4 is 5.32 Å². The van der Waals surface area contributed by atoms with Crippen LogP contribution in [0.3, 0.4) is 0 Å². The van der Waals surface area contributed by atoms with Gasteiger partial charge >= 0.3 is 11.8 Å². The molecule has 5 heteroatoms. The molecule has 0 atom stereocenters. The Balaban J connectivity index is 1.50. The smallest absolute Gasteiger partial charge is 0.313 e. The van der Waals surface area contributed by atoms with Gasteiger partial charge in [-0.1, -0.05) is 36.4 Å². The number of hydrogen-bond donors (Lipinski definition) is 1. The quantitative estimate of drug-likeness (QED) is 0.659. The Morgan fingerprint density at radius 3 is 2.50 bits per heavy atom. The molecule has 0 saturated carbocycles. The van der Waals surface area contributed by atoms with Crippen molar-refractivity contribution in [2.45, 2.75) is 24.2 Å². The van der Waals surface area contributed by atoms with Crippen molar-refractivity contribution in [1.29, 1.82) is 0 Å². The van der Waals surface area contributed by atoms with Crippen molar-refractivity contribution in [3.8, 4) is 0 Å². The summed E-state index contributed by atoms with van der Waals surface area (Å²) >= 11 is 1.60. The molecule has 1 aliphatic rings. The van der Waals surface area contributed by atoms with Crippen LogP contribution >= 0.6 is 11.8 Å². The molecule has 4 nitrogen and oxygen atoms in total. The number of likely N-dealkylation sites (tertiary alicyclic amines) is 1. The maximum Gasteiger partial charge on any atom is 0.313 e. The molecule has 1 fully saturated rings. The highest BCUT2D eigenvalue weighted by Crippen LogP contribution is 2.22. The van der Waals surface area contributed by atoms with Crippen molar-refractivity contribution in [2.24, 2.45) is 5.92 Å². The Bertz CT molecular complexity index is 756. The predicted molar refractivity (Wildman–Crippen MR) is 106 cm³/mol. The first kappa shape index (κ1) is 18.5. The summed E-state index contributed by atoms with van der Waals surface area (Å²) < 4.78 is 0. The fraction of sp³-hybridized carbons (Fsp3) is 0.333. The molecule has 0 radical (unpaired) electrons. The largest absolute Gasteiger partial charge is 0.334 e. The Kier molecular flexibility index (Phi) is 6.34. The average molecular weight is 369 g/mol. The van der Waals surface area contributed by atoms with Crippen molar-refractivity contribution in [3.63, 3.8) is 0 Å². The summed E-state index contributed by atoms with van der Waals surface area (Å²) in [6.07, 6.45) is 4.90. The SMILES string of the molecule is CSc1cccc(NC(=O)C(=O)N2CCC(Cc3ccccc3)CC2)c1. The third-order valence-corrected chi connectivity index (χ3v) is 5.52. The maximum absolute atomic E-state index is 12.4. The molecule has 2 aromatic carbocycles. The van der Waals surface area contributed by atoms with E-state index < -0.39 is 11.8 Å². The van der Waals surface area contributed by atoms with Gasteiger partial charge < -0.3 is 10.2 Å². The van der Waals surface area contributed by atoms with Gasteiger partial charge in [-0.3, -0.25) is 9.59 Å². The standard InChI is InChI=1S/C21H24N2O2S/c1-26-19-9-5-8-18(15-19)22-20(24)21(25)23-12-10-17(11-13-23)14-16-6-3-2-4-7-16/h2-9,15,17H,10-14H2,1H3,(H,22,24). The second-order valence-electron chi connectivity index (χ2n) is 6.61. The van der Waals surface area contributed by atoms with Gasteiger partial charge in [0.1, 0.15) is 0 Å². The topological polar surface area (TPSA) is 49.4 Å². The summed E-state index contributed by atoms with van der Waals surface area (Å²) in [6.45, 7) is 1.29. The Morgan fingerprint density at radius 2 is 1.81 bits per heavy atom. The van der Waals surface area contributed by atoms with Gasteiger partial charge in [0.2, 0.25) is 0 Å². The lowest BCUT2D eigenvalue weighted by Crippen LogP contribution is -2.44. The Labute approximate surface area is 159 Å². The van der Waals surface area contributed by atoms with Crippen molar-refractivity contribution < 1.29 is 9.59 Å². The Hall–Kier alpha value is -2.27. The lowest BCUT2D eigenvalue weighted by molar-refractivity contribution is -0.144. The molecule has 2 aromatic rings. The predicted octanol–water partition coefficient (Wildman–Crippen LogP) is 3.83. The number of amides is 2. The van der Waals surface area contributed by atoms with Gasteiger partial charge in [0.25, 0.3) is 0 Å². The summed E-state index contributed by atoms with van der Waals surface area (Å²) in [7, 11) is 0. The molecular weight excluding hydrogens is 344 g/mol. The molecule has 2 amide bonds. The second-order valence-corrected chi connectivity index (χ2v) is 7.49. The first-order chi connectivity index (χ1) is 12.7. The highest BCUT2D eigenvalue weighted by Gasteiger charge is 2.27. The van der Waals surface area contributed by atoms with Crippen molar-refractivity contribution >= 4 is 29.3 Å². The molecule has 0 aliphatic carbocycles. The normalized spacial score (nSPS) is 14.9.